The molecule has 1 aliphatic rings. The maximum atomic E-state index is 11.0. The van der Waals surface area contributed by atoms with Gasteiger partial charge in [0.25, 0.3) is 0 Å². The predicted molar refractivity (Wildman–Crippen MR) is 56.3 cm³/mol. The highest BCUT2D eigenvalue weighted by Crippen LogP contribution is 2.48. The summed E-state index contributed by atoms with van der Waals surface area (Å²) in [5.41, 5.74) is 1.31. The van der Waals surface area contributed by atoms with E-state index in [0.717, 1.165) is 6.42 Å². The van der Waals surface area contributed by atoms with Gasteiger partial charge in [-0.15, -0.1) is 0 Å². The van der Waals surface area contributed by atoms with Crippen LogP contribution in [0.3, 0.4) is 0 Å². The fraction of sp³-hybridized carbons (Fsp3) is 0.300. The predicted octanol–water partition coefficient (Wildman–Crippen LogP) is 2.75. The van der Waals surface area contributed by atoms with E-state index in [9.17, 15) is 4.79 Å². The molecule has 0 bridgehead atoms. The lowest BCUT2D eigenvalue weighted by molar-refractivity contribution is -0.110. The van der Waals surface area contributed by atoms with Crippen LogP contribution in [0.5, 0.6) is 0 Å². The Labute approximate surface area is 85.3 Å². The Bertz CT molecular complexity index is 294. The quantitative estimate of drug-likeness (QED) is 0.597. The molecule has 2 heteroatoms. The van der Waals surface area contributed by atoms with Crippen molar-refractivity contribution in [1.82, 2.24) is 0 Å². The first-order valence-corrected chi connectivity index (χ1v) is 5.11. The first-order chi connectivity index (χ1) is 5.79. The summed E-state index contributed by atoms with van der Waals surface area (Å²) < 4.78 is 0.307. The zero-order chi connectivity index (χ0) is 8.55. The molecule has 0 spiro atoms. The lowest BCUT2D eigenvalue weighted by Gasteiger charge is -1.95. The molecule has 12 heavy (non-hydrogen) atoms. The van der Waals surface area contributed by atoms with Crippen molar-refractivity contribution in [2.24, 2.45) is 5.92 Å². The zero-order valence-electron chi connectivity index (χ0n) is 6.53. The summed E-state index contributed by atoms with van der Waals surface area (Å²) in [7, 11) is 0. The topological polar surface area (TPSA) is 17.1 Å². The monoisotopic (exact) mass is 272 g/mol. The molecule has 1 fully saturated rings. The van der Waals surface area contributed by atoms with E-state index in [1.165, 1.54) is 5.56 Å². The van der Waals surface area contributed by atoms with Crippen LogP contribution >= 0.6 is 22.6 Å². The van der Waals surface area contributed by atoms with Gasteiger partial charge >= 0.3 is 0 Å². The summed E-state index contributed by atoms with van der Waals surface area (Å²) in [6, 6.07) is 10.3. The number of hydrogen-bond acceptors (Lipinski definition) is 1. The molecule has 0 amide bonds. The van der Waals surface area contributed by atoms with Gasteiger partial charge in [-0.05, 0) is 40.5 Å². The molecule has 62 valence electrons. The largest absolute Gasteiger partial charge is 0.287 e. The Morgan fingerprint density at radius 2 is 2.00 bits per heavy atom. The van der Waals surface area contributed by atoms with Crippen LogP contribution < -0.4 is 0 Å². The molecule has 0 aromatic heterocycles. The van der Waals surface area contributed by atoms with E-state index < -0.39 is 0 Å². The molecule has 0 heterocycles. The molecular formula is C10H9IO. The summed E-state index contributed by atoms with van der Waals surface area (Å²) in [5, 5.41) is 0. The smallest absolute Gasteiger partial charge is 0.196 e. The molecule has 1 saturated carbocycles. The summed E-state index contributed by atoms with van der Waals surface area (Å²) in [6.07, 6.45) is 1.05. The molecule has 2 unspecified atom stereocenters. The second-order valence-electron chi connectivity index (χ2n) is 3.16. The minimum absolute atomic E-state index is 0.299. The average Bonchev–Trinajstić information content (AvgIpc) is 2.84. The van der Waals surface area contributed by atoms with E-state index in [1.807, 2.05) is 40.8 Å². The molecule has 1 aromatic rings. The molecular weight excluding hydrogens is 263 g/mol. The highest BCUT2D eigenvalue weighted by atomic mass is 127. The van der Waals surface area contributed by atoms with Gasteiger partial charge in [0.05, 0.1) is 0 Å². The molecule has 1 nitrogen and oxygen atoms in total. The third-order valence-corrected chi connectivity index (χ3v) is 3.11. The van der Waals surface area contributed by atoms with Crippen LogP contribution in [0.1, 0.15) is 17.9 Å². The van der Waals surface area contributed by atoms with Gasteiger partial charge in [0.1, 0.15) is 0 Å². The van der Waals surface area contributed by atoms with Crippen molar-refractivity contribution in [3.05, 3.63) is 35.9 Å². The fourth-order valence-corrected chi connectivity index (χ4v) is 2.20. The van der Waals surface area contributed by atoms with Crippen molar-refractivity contribution in [3.8, 4) is 0 Å². The van der Waals surface area contributed by atoms with Crippen molar-refractivity contribution in [3.63, 3.8) is 0 Å². The molecule has 1 aliphatic carbocycles. The van der Waals surface area contributed by atoms with Crippen LogP contribution in [0, 0.1) is 5.92 Å². The minimum atomic E-state index is 0.299. The Hall–Kier alpha value is -0.380. The average molecular weight is 272 g/mol. The first kappa shape index (κ1) is 8.23. The molecule has 2 atom stereocenters. The van der Waals surface area contributed by atoms with Crippen molar-refractivity contribution in [2.75, 3.05) is 0 Å². The number of carbonyl (C=O) groups is 1. The lowest BCUT2D eigenvalue weighted by Crippen LogP contribution is -1.90. The number of halogens is 1. The van der Waals surface area contributed by atoms with E-state index in [1.54, 1.807) is 0 Å². The van der Waals surface area contributed by atoms with Gasteiger partial charge in [-0.2, -0.15) is 0 Å². The maximum absolute atomic E-state index is 11.0. The number of hydrogen-bond donors (Lipinski definition) is 0. The second kappa shape index (κ2) is 3.17. The van der Waals surface area contributed by atoms with Crippen LogP contribution in [0.25, 0.3) is 0 Å². The van der Waals surface area contributed by atoms with Crippen molar-refractivity contribution in [2.45, 2.75) is 12.3 Å². The summed E-state index contributed by atoms with van der Waals surface area (Å²) >= 11 is 1.90. The van der Waals surface area contributed by atoms with Crippen LogP contribution in [-0.2, 0) is 4.79 Å². The molecule has 0 aliphatic heterocycles. The van der Waals surface area contributed by atoms with Gasteiger partial charge in [0.2, 0.25) is 0 Å². The Morgan fingerprint density at radius 1 is 1.33 bits per heavy atom. The summed E-state index contributed by atoms with van der Waals surface area (Å²) in [5.74, 6) is 0.809. The molecule has 0 saturated heterocycles. The zero-order valence-corrected chi connectivity index (χ0v) is 8.69. The molecule has 0 radical (unpaired) electrons. The van der Waals surface area contributed by atoms with Gasteiger partial charge in [-0.25, -0.2) is 0 Å². The lowest BCUT2D eigenvalue weighted by atomic mass is 10.1. The van der Waals surface area contributed by atoms with Gasteiger partial charge < -0.3 is 0 Å². The van der Waals surface area contributed by atoms with E-state index in [2.05, 4.69) is 12.1 Å². The van der Waals surface area contributed by atoms with Crippen LogP contribution in [0.4, 0.5) is 0 Å². The molecule has 1 aromatic carbocycles. The van der Waals surface area contributed by atoms with Crippen molar-refractivity contribution >= 4 is 26.4 Å². The molecule has 2 rings (SSSR count). The van der Waals surface area contributed by atoms with Gasteiger partial charge in [0, 0.05) is 5.92 Å². The van der Waals surface area contributed by atoms with Crippen LogP contribution in [0.2, 0.25) is 0 Å². The fourth-order valence-electron chi connectivity index (χ4n) is 1.51. The number of benzene rings is 1. The SMILES string of the molecule is O=C(I)C1CC1c1ccccc1. The maximum Gasteiger partial charge on any atom is 0.196 e. The Morgan fingerprint density at radius 3 is 2.50 bits per heavy atom. The first-order valence-electron chi connectivity index (χ1n) is 4.03. The number of rotatable bonds is 2. The third kappa shape index (κ3) is 1.53. The summed E-state index contributed by atoms with van der Waals surface area (Å²) in [6.45, 7) is 0. The third-order valence-electron chi connectivity index (χ3n) is 2.31. The second-order valence-corrected chi connectivity index (χ2v) is 4.23. The summed E-state index contributed by atoms with van der Waals surface area (Å²) in [4.78, 5) is 11.0. The standard InChI is InChI=1S/C10H9IO/c11-10(12)9-6-8(9)7-4-2-1-3-5-7/h1-5,8-9H,6H2. The van der Waals surface area contributed by atoms with E-state index in [0.29, 0.717) is 15.6 Å². The van der Waals surface area contributed by atoms with Gasteiger partial charge in [-0.3, -0.25) is 4.79 Å². The highest BCUT2D eigenvalue weighted by Gasteiger charge is 2.42. The van der Waals surface area contributed by atoms with Crippen LogP contribution in [-0.4, -0.2) is 3.79 Å². The molecule has 0 N–H and O–H groups in total. The number of carbonyl (C=O) groups excluding carboxylic acids is 1. The van der Waals surface area contributed by atoms with Crippen molar-refractivity contribution < 1.29 is 4.79 Å². The minimum Gasteiger partial charge on any atom is -0.287 e. The van der Waals surface area contributed by atoms with Crippen molar-refractivity contribution in [1.29, 1.82) is 0 Å². The van der Waals surface area contributed by atoms with E-state index in [4.69, 9.17) is 0 Å². The van der Waals surface area contributed by atoms with Crippen LogP contribution in [0.15, 0.2) is 30.3 Å². The normalized spacial score (nSPS) is 26.8. The van der Waals surface area contributed by atoms with Gasteiger partial charge in [-0.1, -0.05) is 30.3 Å². The van der Waals surface area contributed by atoms with E-state index >= 15 is 0 Å². The Kier molecular flexibility index (Phi) is 2.17. The highest BCUT2D eigenvalue weighted by molar-refractivity contribution is 14.1. The van der Waals surface area contributed by atoms with E-state index in [-0.39, 0.29) is 0 Å². The van der Waals surface area contributed by atoms with Gasteiger partial charge in [0.15, 0.2) is 3.79 Å². The Balaban J connectivity index is 2.11.